The predicted molar refractivity (Wildman–Crippen MR) is 67.2 cm³/mol. The first-order valence-corrected chi connectivity index (χ1v) is 6.46. The number of methoxy groups -OCH3 is 1. The number of fused-ring (bicyclic) bond motifs is 1. The highest BCUT2D eigenvalue weighted by Gasteiger charge is 2.32. The zero-order valence-corrected chi connectivity index (χ0v) is 10.5. The molecular weight excluding hydrogens is 256 g/mol. The molecule has 0 unspecified atom stereocenters. The first-order valence-electron chi connectivity index (χ1n) is 5.58. The summed E-state index contributed by atoms with van der Waals surface area (Å²) in [4.78, 5) is 15.6. The van der Waals surface area contributed by atoms with Crippen molar-refractivity contribution >= 4 is 27.9 Å². The number of rotatable bonds is 4. The number of anilines is 1. The van der Waals surface area contributed by atoms with E-state index in [0.29, 0.717) is 10.8 Å². The van der Waals surface area contributed by atoms with Crippen LogP contribution in [0.2, 0.25) is 0 Å². The first-order chi connectivity index (χ1) is 8.69. The van der Waals surface area contributed by atoms with Crippen molar-refractivity contribution in [3.63, 3.8) is 0 Å². The van der Waals surface area contributed by atoms with Gasteiger partial charge in [-0.25, -0.2) is 0 Å². The Kier molecular flexibility index (Phi) is 2.67. The fourth-order valence-corrected chi connectivity index (χ4v) is 2.82. The van der Waals surface area contributed by atoms with E-state index in [0.717, 1.165) is 12.8 Å². The third-order valence-electron chi connectivity index (χ3n) is 3.18. The largest absolute Gasteiger partial charge is 0.381 e. The summed E-state index contributed by atoms with van der Waals surface area (Å²) in [5, 5.41) is 16.0. The number of nitrogens with zero attached hydrogens (tertiary/aromatic N) is 3. The normalized spacial score (nSPS) is 22.9. The standard InChI is InChI=1S/C10H12N4O3S/c1-17-7-4-6(5-7)11-8-9(14(15)16)13-2-3-18-10(13)12-8/h2-3,6-7,11H,4-5H2,1H3. The monoisotopic (exact) mass is 268 g/mol. The number of thiazole rings is 1. The van der Waals surface area contributed by atoms with E-state index in [9.17, 15) is 10.1 Å². The van der Waals surface area contributed by atoms with Crippen LogP contribution < -0.4 is 5.32 Å². The Morgan fingerprint density at radius 2 is 2.44 bits per heavy atom. The number of nitrogens with one attached hydrogen (secondary N) is 1. The molecule has 7 nitrogen and oxygen atoms in total. The number of aromatic nitrogens is 2. The molecule has 0 spiro atoms. The quantitative estimate of drug-likeness (QED) is 0.676. The molecule has 2 aromatic heterocycles. The predicted octanol–water partition coefficient (Wildman–Crippen LogP) is 1.89. The minimum absolute atomic E-state index is 0.00659. The second kappa shape index (κ2) is 4.21. The Labute approximate surface area is 107 Å². The first kappa shape index (κ1) is 11.4. The smallest absolute Gasteiger partial charge is 0.372 e. The fourth-order valence-electron chi connectivity index (χ4n) is 2.11. The fraction of sp³-hybridized carbons (Fsp3) is 0.500. The molecule has 2 aromatic rings. The average molecular weight is 268 g/mol. The lowest BCUT2D eigenvalue weighted by molar-refractivity contribution is -0.389. The lowest BCUT2D eigenvalue weighted by Crippen LogP contribution is -2.40. The molecule has 2 heterocycles. The van der Waals surface area contributed by atoms with Crippen LogP contribution in [0.4, 0.5) is 11.6 Å². The van der Waals surface area contributed by atoms with Crippen molar-refractivity contribution in [3.8, 4) is 0 Å². The minimum atomic E-state index is -0.401. The van der Waals surface area contributed by atoms with Crippen LogP contribution in [0.3, 0.4) is 0 Å². The maximum atomic E-state index is 11.1. The molecule has 0 atom stereocenters. The number of ether oxygens (including phenoxy) is 1. The van der Waals surface area contributed by atoms with Crippen LogP contribution in [-0.4, -0.2) is 33.6 Å². The summed E-state index contributed by atoms with van der Waals surface area (Å²) in [6.07, 6.45) is 3.64. The maximum Gasteiger partial charge on any atom is 0.372 e. The number of nitro groups is 1. The summed E-state index contributed by atoms with van der Waals surface area (Å²) < 4.78 is 6.68. The number of imidazole rings is 1. The summed E-state index contributed by atoms with van der Waals surface area (Å²) in [5.41, 5.74) is 0. The van der Waals surface area contributed by atoms with Gasteiger partial charge in [-0.05, 0) is 17.8 Å². The molecule has 0 aliphatic heterocycles. The Morgan fingerprint density at radius 1 is 1.67 bits per heavy atom. The van der Waals surface area contributed by atoms with Crippen molar-refractivity contribution in [3.05, 3.63) is 21.7 Å². The molecule has 1 saturated carbocycles. The van der Waals surface area contributed by atoms with E-state index in [-0.39, 0.29) is 18.0 Å². The van der Waals surface area contributed by atoms with Crippen LogP contribution in [0.15, 0.2) is 11.6 Å². The van der Waals surface area contributed by atoms with Gasteiger partial charge in [0.15, 0.2) is 0 Å². The molecule has 96 valence electrons. The van der Waals surface area contributed by atoms with E-state index >= 15 is 0 Å². The van der Waals surface area contributed by atoms with Crippen molar-refractivity contribution < 1.29 is 9.66 Å². The molecule has 3 rings (SSSR count). The molecular formula is C10H12N4O3S. The Bertz CT molecular complexity index is 587. The molecule has 0 aromatic carbocycles. The van der Waals surface area contributed by atoms with Gasteiger partial charge in [0, 0.05) is 18.5 Å². The molecule has 8 heteroatoms. The van der Waals surface area contributed by atoms with E-state index in [1.807, 2.05) is 0 Å². The van der Waals surface area contributed by atoms with E-state index in [1.54, 1.807) is 18.7 Å². The summed E-state index contributed by atoms with van der Waals surface area (Å²) >= 11 is 1.38. The van der Waals surface area contributed by atoms with Gasteiger partial charge in [0.2, 0.25) is 5.82 Å². The zero-order chi connectivity index (χ0) is 12.7. The molecule has 1 N–H and O–H groups in total. The van der Waals surface area contributed by atoms with Gasteiger partial charge in [0.1, 0.15) is 6.20 Å². The van der Waals surface area contributed by atoms with Crippen molar-refractivity contribution in [1.82, 2.24) is 9.38 Å². The van der Waals surface area contributed by atoms with E-state index in [2.05, 4.69) is 10.3 Å². The number of hydrogen-bond acceptors (Lipinski definition) is 6. The van der Waals surface area contributed by atoms with Gasteiger partial charge in [-0.1, -0.05) is 11.3 Å². The highest BCUT2D eigenvalue weighted by molar-refractivity contribution is 7.15. The van der Waals surface area contributed by atoms with Gasteiger partial charge in [-0.2, -0.15) is 9.38 Å². The van der Waals surface area contributed by atoms with Crippen LogP contribution >= 0.6 is 11.3 Å². The van der Waals surface area contributed by atoms with Gasteiger partial charge >= 0.3 is 5.82 Å². The van der Waals surface area contributed by atoms with Gasteiger partial charge in [-0.3, -0.25) is 0 Å². The molecule has 0 amide bonds. The zero-order valence-electron chi connectivity index (χ0n) is 9.70. The SMILES string of the molecule is COC1CC(Nc2nc3sccn3c2[N+](=O)[O-])C1. The topological polar surface area (TPSA) is 81.7 Å². The van der Waals surface area contributed by atoms with Crippen LogP contribution in [0.5, 0.6) is 0 Å². The van der Waals surface area contributed by atoms with Gasteiger partial charge in [-0.15, -0.1) is 0 Å². The Morgan fingerprint density at radius 3 is 3.11 bits per heavy atom. The van der Waals surface area contributed by atoms with E-state index in [4.69, 9.17) is 4.74 Å². The third-order valence-corrected chi connectivity index (χ3v) is 3.94. The highest BCUT2D eigenvalue weighted by atomic mass is 32.1. The van der Waals surface area contributed by atoms with Gasteiger partial charge < -0.3 is 20.2 Å². The van der Waals surface area contributed by atoms with E-state index in [1.165, 1.54) is 15.7 Å². The average Bonchev–Trinajstić information content (AvgIpc) is 2.80. The lowest BCUT2D eigenvalue weighted by atomic mass is 9.89. The minimum Gasteiger partial charge on any atom is -0.381 e. The molecule has 18 heavy (non-hydrogen) atoms. The third kappa shape index (κ3) is 1.73. The van der Waals surface area contributed by atoms with Gasteiger partial charge in [0.05, 0.1) is 6.10 Å². The van der Waals surface area contributed by atoms with Crippen molar-refractivity contribution in [2.24, 2.45) is 0 Å². The van der Waals surface area contributed by atoms with Crippen LogP contribution in [-0.2, 0) is 4.74 Å². The summed E-state index contributed by atoms with van der Waals surface area (Å²) in [7, 11) is 1.68. The molecule has 0 saturated heterocycles. The highest BCUT2D eigenvalue weighted by Crippen LogP contribution is 2.32. The van der Waals surface area contributed by atoms with Crippen molar-refractivity contribution in [1.29, 1.82) is 0 Å². The summed E-state index contributed by atoms with van der Waals surface area (Å²) in [6.45, 7) is 0. The van der Waals surface area contributed by atoms with Crippen molar-refractivity contribution in [2.75, 3.05) is 12.4 Å². The summed E-state index contributed by atoms with van der Waals surface area (Å²) in [5.74, 6) is 0.360. The second-order valence-electron chi connectivity index (χ2n) is 4.27. The Hall–Kier alpha value is -1.67. The molecule has 0 bridgehead atoms. The van der Waals surface area contributed by atoms with Crippen LogP contribution in [0.1, 0.15) is 12.8 Å². The molecule has 0 radical (unpaired) electrons. The maximum absolute atomic E-state index is 11.1. The summed E-state index contributed by atoms with van der Waals surface area (Å²) in [6, 6.07) is 0.207. The number of hydrogen-bond donors (Lipinski definition) is 1. The van der Waals surface area contributed by atoms with E-state index < -0.39 is 4.92 Å². The second-order valence-corrected chi connectivity index (χ2v) is 5.14. The lowest BCUT2D eigenvalue weighted by Gasteiger charge is -2.34. The van der Waals surface area contributed by atoms with Crippen LogP contribution in [0, 0.1) is 10.1 Å². The van der Waals surface area contributed by atoms with Crippen molar-refractivity contribution in [2.45, 2.75) is 25.0 Å². The molecule has 1 aliphatic rings. The van der Waals surface area contributed by atoms with Crippen LogP contribution in [0.25, 0.3) is 4.96 Å². The Balaban J connectivity index is 1.85. The van der Waals surface area contributed by atoms with Gasteiger partial charge in [0.25, 0.3) is 4.96 Å². The molecule has 1 aliphatic carbocycles. The molecule has 1 fully saturated rings.